The van der Waals surface area contributed by atoms with E-state index in [2.05, 4.69) is 20.8 Å². The normalized spacial score (nSPS) is 29.2. The molecule has 21 heavy (non-hydrogen) atoms. The van der Waals surface area contributed by atoms with Crippen LogP contribution in [0.4, 0.5) is 0 Å². The standard InChI is InChI=1S/C15H17BrN2O3/c16-12-3-1-11(2-4-12)14(20)18-7-5-17(6-8-18)13-9-15(13,21)10-19/h1-4,10,13,21H,5-9H2. The average molecular weight is 353 g/mol. The van der Waals surface area contributed by atoms with Crippen LogP contribution in [-0.2, 0) is 4.79 Å². The minimum absolute atomic E-state index is 0.0311. The van der Waals surface area contributed by atoms with Gasteiger partial charge in [0.25, 0.3) is 5.91 Å². The Kier molecular flexibility index (Phi) is 3.86. The van der Waals surface area contributed by atoms with E-state index < -0.39 is 5.60 Å². The number of rotatable bonds is 3. The molecule has 6 heteroatoms. The van der Waals surface area contributed by atoms with Gasteiger partial charge in [-0.1, -0.05) is 15.9 Å². The summed E-state index contributed by atoms with van der Waals surface area (Å²) < 4.78 is 0.950. The van der Waals surface area contributed by atoms with Gasteiger partial charge in [0, 0.05) is 48.7 Å². The van der Waals surface area contributed by atoms with E-state index in [1.807, 2.05) is 29.2 Å². The van der Waals surface area contributed by atoms with E-state index in [1.54, 1.807) is 0 Å². The lowest BCUT2D eigenvalue weighted by Crippen LogP contribution is -2.50. The SMILES string of the molecule is O=CC1(O)CC1N1CCN(C(=O)c2ccc(Br)cc2)CC1. The van der Waals surface area contributed by atoms with Crippen LogP contribution in [0.15, 0.2) is 28.7 Å². The fourth-order valence-corrected chi connectivity index (χ4v) is 3.10. The van der Waals surface area contributed by atoms with Crippen LogP contribution in [-0.4, -0.2) is 64.9 Å². The van der Waals surface area contributed by atoms with Crippen LogP contribution < -0.4 is 0 Å². The molecule has 1 aromatic rings. The highest BCUT2D eigenvalue weighted by Gasteiger charge is 2.56. The lowest BCUT2D eigenvalue weighted by atomic mass is 10.2. The van der Waals surface area contributed by atoms with Gasteiger partial charge < -0.3 is 14.8 Å². The van der Waals surface area contributed by atoms with Crippen molar-refractivity contribution in [2.45, 2.75) is 18.1 Å². The Morgan fingerprint density at radius 2 is 1.86 bits per heavy atom. The quantitative estimate of drug-likeness (QED) is 0.821. The molecule has 0 spiro atoms. The highest BCUT2D eigenvalue weighted by Crippen LogP contribution is 2.39. The molecule has 0 aromatic heterocycles. The molecular weight excluding hydrogens is 336 g/mol. The summed E-state index contributed by atoms with van der Waals surface area (Å²) in [7, 11) is 0. The predicted octanol–water partition coefficient (Wildman–Crippen LogP) is 0.909. The molecule has 2 unspecified atom stereocenters. The van der Waals surface area contributed by atoms with Crippen molar-refractivity contribution in [2.24, 2.45) is 0 Å². The summed E-state index contributed by atoms with van der Waals surface area (Å²) in [4.78, 5) is 27.1. The number of carbonyl (C=O) groups is 2. The third-order valence-electron chi connectivity index (χ3n) is 4.27. The van der Waals surface area contributed by atoms with Crippen LogP contribution in [0.3, 0.4) is 0 Å². The van der Waals surface area contributed by atoms with Crippen LogP contribution in [0.2, 0.25) is 0 Å². The maximum absolute atomic E-state index is 12.4. The number of halogens is 1. The first-order valence-corrected chi connectivity index (χ1v) is 7.80. The molecule has 3 rings (SSSR count). The van der Waals surface area contributed by atoms with Gasteiger partial charge in [-0.2, -0.15) is 0 Å². The van der Waals surface area contributed by atoms with Gasteiger partial charge in [0.15, 0.2) is 6.29 Å². The third kappa shape index (κ3) is 2.88. The molecule has 5 nitrogen and oxygen atoms in total. The summed E-state index contributed by atoms with van der Waals surface area (Å²) >= 11 is 3.36. The molecule has 1 aliphatic carbocycles. The zero-order valence-corrected chi connectivity index (χ0v) is 13.1. The van der Waals surface area contributed by atoms with Crippen LogP contribution in [0.25, 0.3) is 0 Å². The fraction of sp³-hybridized carbons (Fsp3) is 0.467. The van der Waals surface area contributed by atoms with Crippen LogP contribution in [0.5, 0.6) is 0 Å². The minimum atomic E-state index is -1.15. The number of amides is 1. The van der Waals surface area contributed by atoms with E-state index in [-0.39, 0.29) is 11.9 Å². The van der Waals surface area contributed by atoms with Crippen molar-refractivity contribution in [3.8, 4) is 0 Å². The number of aliphatic hydroxyl groups is 1. The fourth-order valence-electron chi connectivity index (χ4n) is 2.83. The Labute approximate surface area is 131 Å². The number of hydrogen-bond donors (Lipinski definition) is 1. The summed E-state index contributed by atoms with van der Waals surface area (Å²) in [5, 5.41) is 9.83. The molecule has 1 N–H and O–H groups in total. The lowest BCUT2D eigenvalue weighted by Gasteiger charge is -2.35. The first-order chi connectivity index (χ1) is 10.0. The molecule has 0 bridgehead atoms. The second kappa shape index (κ2) is 5.51. The van der Waals surface area contributed by atoms with E-state index in [0.29, 0.717) is 44.4 Å². The summed E-state index contributed by atoms with van der Waals surface area (Å²) in [5.41, 5.74) is -0.472. The van der Waals surface area contributed by atoms with Crippen molar-refractivity contribution in [3.63, 3.8) is 0 Å². The average Bonchev–Trinajstić information content (AvgIpc) is 3.20. The van der Waals surface area contributed by atoms with Crippen LogP contribution >= 0.6 is 15.9 Å². The molecular formula is C15H17BrN2O3. The van der Waals surface area contributed by atoms with Gasteiger partial charge >= 0.3 is 0 Å². The third-order valence-corrected chi connectivity index (χ3v) is 4.80. The van der Waals surface area contributed by atoms with E-state index >= 15 is 0 Å². The second-order valence-corrected chi connectivity index (χ2v) is 6.58. The molecule has 1 amide bonds. The minimum Gasteiger partial charge on any atom is -0.381 e. The van der Waals surface area contributed by atoms with Crippen LogP contribution in [0, 0.1) is 0 Å². The highest BCUT2D eigenvalue weighted by molar-refractivity contribution is 9.10. The maximum atomic E-state index is 12.4. The Morgan fingerprint density at radius 3 is 2.38 bits per heavy atom. The topological polar surface area (TPSA) is 60.9 Å². The van der Waals surface area contributed by atoms with E-state index in [1.165, 1.54) is 0 Å². The molecule has 0 radical (unpaired) electrons. The van der Waals surface area contributed by atoms with E-state index in [9.17, 15) is 14.7 Å². The Hall–Kier alpha value is -1.24. The number of nitrogens with zero attached hydrogens (tertiary/aromatic N) is 2. The molecule has 2 aliphatic rings. The maximum Gasteiger partial charge on any atom is 0.253 e. The largest absolute Gasteiger partial charge is 0.381 e. The van der Waals surface area contributed by atoms with E-state index in [4.69, 9.17) is 0 Å². The Balaban J connectivity index is 1.57. The van der Waals surface area contributed by atoms with Gasteiger partial charge in [-0.15, -0.1) is 0 Å². The summed E-state index contributed by atoms with van der Waals surface area (Å²) in [6.07, 6.45) is 1.15. The monoisotopic (exact) mass is 352 g/mol. The molecule has 1 saturated carbocycles. The number of carbonyl (C=O) groups excluding carboxylic acids is 2. The predicted molar refractivity (Wildman–Crippen MR) is 81.0 cm³/mol. The molecule has 112 valence electrons. The molecule has 1 aliphatic heterocycles. The van der Waals surface area contributed by atoms with Crippen molar-refractivity contribution in [2.75, 3.05) is 26.2 Å². The van der Waals surface area contributed by atoms with Gasteiger partial charge in [0.1, 0.15) is 5.60 Å². The number of aldehydes is 1. The zero-order chi connectivity index (χ0) is 15.0. The highest BCUT2D eigenvalue weighted by atomic mass is 79.9. The molecule has 1 saturated heterocycles. The molecule has 2 fully saturated rings. The lowest BCUT2D eigenvalue weighted by molar-refractivity contribution is -0.117. The second-order valence-electron chi connectivity index (χ2n) is 5.66. The summed E-state index contributed by atoms with van der Waals surface area (Å²) in [5.74, 6) is 0.0311. The van der Waals surface area contributed by atoms with Gasteiger partial charge in [0.05, 0.1) is 0 Å². The summed E-state index contributed by atoms with van der Waals surface area (Å²) in [6, 6.07) is 7.27. The Morgan fingerprint density at radius 1 is 1.24 bits per heavy atom. The number of benzene rings is 1. The molecule has 1 aromatic carbocycles. The first kappa shape index (κ1) is 14.7. The van der Waals surface area contributed by atoms with Crippen molar-refractivity contribution in [1.29, 1.82) is 0 Å². The number of hydrogen-bond acceptors (Lipinski definition) is 4. The Bertz CT molecular complexity index is 555. The first-order valence-electron chi connectivity index (χ1n) is 7.01. The van der Waals surface area contributed by atoms with Gasteiger partial charge in [0.2, 0.25) is 0 Å². The molecule has 1 heterocycles. The van der Waals surface area contributed by atoms with Gasteiger partial charge in [-0.05, 0) is 24.3 Å². The van der Waals surface area contributed by atoms with Crippen molar-refractivity contribution < 1.29 is 14.7 Å². The van der Waals surface area contributed by atoms with Crippen molar-refractivity contribution in [3.05, 3.63) is 34.3 Å². The van der Waals surface area contributed by atoms with Gasteiger partial charge in [-0.3, -0.25) is 9.69 Å². The zero-order valence-electron chi connectivity index (χ0n) is 11.5. The van der Waals surface area contributed by atoms with Gasteiger partial charge in [-0.25, -0.2) is 0 Å². The van der Waals surface area contributed by atoms with E-state index in [0.717, 1.165) is 4.47 Å². The van der Waals surface area contributed by atoms with Crippen LogP contribution in [0.1, 0.15) is 16.8 Å². The van der Waals surface area contributed by atoms with Crippen molar-refractivity contribution >= 4 is 28.1 Å². The number of piperazine rings is 1. The smallest absolute Gasteiger partial charge is 0.253 e. The van der Waals surface area contributed by atoms with Crippen molar-refractivity contribution in [1.82, 2.24) is 9.80 Å². The molecule has 2 atom stereocenters. The summed E-state index contributed by atoms with van der Waals surface area (Å²) in [6.45, 7) is 2.65.